The van der Waals surface area contributed by atoms with Crippen molar-refractivity contribution in [1.82, 2.24) is 10.4 Å². The number of carbonyl (C=O) groups excluding carboxylic acids is 4. The lowest BCUT2D eigenvalue weighted by molar-refractivity contribution is -0.147. The second kappa shape index (κ2) is 8.50. The molecule has 0 bridgehead atoms. The van der Waals surface area contributed by atoms with Gasteiger partial charge >= 0.3 is 0 Å². The van der Waals surface area contributed by atoms with Crippen LogP contribution >= 0.6 is 0 Å². The summed E-state index contributed by atoms with van der Waals surface area (Å²) >= 11 is 0. The number of unbranched alkanes of at least 4 members (excludes halogenated alkanes) is 1. The number of hydroxylamine groups is 1. The molecule has 3 unspecified atom stereocenters. The SMILES string of the molecule is CCCCC(C(=O)NO)N1C(=O)C(=O)C(C(=O)C2CCCCC2)C1C1CC1. The molecule has 0 radical (unpaired) electrons. The van der Waals surface area contributed by atoms with Crippen molar-refractivity contribution >= 4 is 23.4 Å². The Kier molecular flexibility index (Phi) is 6.29. The topological polar surface area (TPSA) is 104 Å². The third kappa shape index (κ3) is 3.93. The third-order valence-corrected chi connectivity index (χ3v) is 6.39. The van der Waals surface area contributed by atoms with Crippen LogP contribution in [-0.2, 0) is 19.2 Å². The summed E-state index contributed by atoms with van der Waals surface area (Å²) in [6, 6.07) is -1.43. The van der Waals surface area contributed by atoms with Crippen LogP contribution in [0.25, 0.3) is 0 Å². The first-order chi connectivity index (χ1) is 13.0. The summed E-state index contributed by atoms with van der Waals surface area (Å²) in [5.41, 5.74) is 1.64. The van der Waals surface area contributed by atoms with Crippen molar-refractivity contribution in [3.8, 4) is 0 Å². The molecule has 3 aliphatic rings. The highest BCUT2D eigenvalue weighted by Crippen LogP contribution is 2.45. The fourth-order valence-electron chi connectivity index (χ4n) is 4.80. The zero-order valence-electron chi connectivity index (χ0n) is 16.0. The number of rotatable bonds is 8. The fourth-order valence-corrected chi connectivity index (χ4v) is 4.80. The van der Waals surface area contributed by atoms with Gasteiger partial charge in [0.15, 0.2) is 0 Å². The highest BCUT2D eigenvalue weighted by molar-refractivity contribution is 6.43. The van der Waals surface area contributed by atoms with Crippen molar-refractivity contribution in [1.29, 1.82) is 0 Å². The van der Waals surface area contributed by atoms with Gasteiger partial charge in [0.25, 0.3) is 11.8 Å². The molecule has 0 aromatic rings. The van der Waals surface area contributed by atoms with Gasteiger partial charge in [-0.1, -0.05) is 39.0 Å². The van der Waals surface area contributed by atoms with E-state index in [1.54, 1.807) is 5.48 Å². The maximum absolute atomic E-state index is 13.2. The van der Waals surface area contributed by atoms with Gasteiger partial charge in [-0.3, -0.25) is 24.4 Å². The Balaban J connectivity index is 1.89. The Morgan fingerprint density at radius 3 is 2.37 bits per heavy atom. The van der Waals surface area contributed by atoms with E-state index in [1.165, 1.54) is 4.90 Å². The van der Waals surface area contributed by atoms with E-state index in [2.05, 4.69) is 0 Å². The molecular formula is C20H30N2O5. The summed E-state index contributed by atoms with van der Waals surface area (Å²) in [4.78, 5) is 52.4. The minimum absolute atomic E-state index is 0.0913. The van der Waals surface area contributed by atoms with Crippen molar-refractivity contribution in [2.24, 2.45) is 17.8 Å². The number of ketones is 2. The van der Waals surface area contributed by atoms with Crippen LogP contribution in [0.3, 0.4) is 0 Å². The van der Waals surface area contributed by atoms with E-state index in [0.29, 0.717) is 12.8 Å². The lowest BCUT2D eigenvalue weighted by Crippen LogP contribution is -2.52. The first kappa shape index (κ1) is 20.0. The third-order valence-electron chi connectivity index (χ3n) is 6.39. The monoisotopic (exact) mass is 378 g/mol. The number of nitrogens with one attached hydrogen (secondary N) is 1. The Hall–Kier alpha value is -1.76. The van der Waals surface area contributed by atoms with E-state index in [4.69, 9.17) is 5.21 Å². The van der Waals surface area contributed by atoms with Gasteiger partial charge in [-0.2, -0.15) is 0 Å². The standard InChI is InChI=1S/C20H30N2O5/c1-2-3-9-14(19(25)21-27)22-16(12-10-11-12)15(18(24)20(22)26)17(23)13-7-5-4-6-8-13/h12-16,27H,2-11H2,1H3,(H,21,25). The van der Waals surface area contributed by atoms with Crippen molar-refractivity contribution < 1.29 is 24.4 Å². The van der Waals surface area contributed by atoms with Gasteiger partial charge in [0.1, 0.15) is 17.7 Å². The van der Waals surface area contributed by atoms with E-state index in [-0.39, 0.29) is 17.6 Å². The van der Waals surface area contributed by atoms with Crippen LogP contribution in [0, 0.1) is 17.8 Å². The maximum atomic E-state index is 13.2. The van der Waals surface area contributed by atoms with Gasteiger partial charge in [0, 0.05) is 5.92 Å². The fraction of sp³-hybridized carbons (Fsp3) is 0.800. The van der Waals surface area contributed by atoms with Gasteiger partial charge in [0.05, 0.1) is 6.04 Å². The molecule has 1 aliphatic heterocycles. The zero-order chi connectivity index (χ0) is 19.6. The van der Waals surface area contributed by atoms with Crippen LogP contribution in [-0.4, -0.2) is 45.6 Å². The zero-order valence-corrected chi connectivity index (χ0v) is 16.0. The van der Waals surface area contributed by atoms with Crippen molar-refractivity contribution in [2.45, 2.75) is 83.2 Å². The van der Waals surface area contributed by atoms with Crippen molar-refractivity contribution in [2.75, 3.05) is 0 Å². The molecule has 1 saturated heterocycles. The van der Waals surface area contributed by atoms with E-state index < -0.39 is 35.6 Å². The smallest absolute Gasteiger partial charge is 0.291 e. The van der Waals surface area contributed by atoms with E-state index in [0.717, 1.165) is 51.4 Å². The summed E-state index contributed by atoms with van der Waals surface area (Å²) in [6.45, 7) is 1.97. The Morgan fingerprint density at radius 1 is 1.15 bits per heavy atom. The number of Topliss-reactive ketones (excluding diaryl/α,β-unsaturated/α-hetero) is 2. The normalized spacial score (nSPS) is 27.7. The predicted octanol–water partition coefficient (Wildman–Crippen LogP) is 2.01. The van der Waals surface area contributed by atoms with Crippen LogP contribution < -0.4 is 5.48 Å². The summed E-state index contributed by atoms with van der Waals surface area (Å²) in [7, 11) is 0. The summed E-state index contributed by atoms with van der Waals surface area (Å²) in [6.07, 6.45) is 8.23. The molecule has 2 N–H and O–H groups in total. The first-order valence-electron chi connectivity index (χ1n) is 10.3. The molecule has 1 heterocycles. The number of hydrogen-bond acceptors (Lipinski definition) is 5. The summed E-state index contributed by atoms with van der Waals surface area (Å²) in [5.74, 6) is -3.17. The minimum Gasteiger partial charge on any atom is -0.320 e. The largest absolute Gasteiger partial charge is 0.320 e. The average molecular weight is 378 g/mol. The molecule has 2 saturated carbocycles. The molecule has 3 rings (SSSR count). The quantitative estimate of drug-likeness (QED) is 0.291. The molecule has 3 fully saturated rings. The molecule has 150 valence electrons. The molecule has 2 amide bonds. The Bertz CT molecular complexity index is 609. The van der Waals surface area contributed by atoms with Gasteiger partial charge in [0.2, 0.25) is 5.78 Å². The van der Waals surface area contributed by atoms with Crippen molar-refractivity contribution in [3.05, 3.63) is 0 Å². The molecule has 0 aromatic carbocycles. The van der Waals surface area contributed by atoms with Gasteiger partial charge < -0.3 is 4.90 Å². The van der Waals surface area contributed by atoms with Crippen LogP contribution in [0.4, 0.5) is 0 Å². The molecule has 3 atom stereocenters. The Morgan fingerprint density at radius 2 is 1.81 bits per heavy atom. The number of carbonyl (C=O) groups is 4. The van der Waals surface area contributed by atoms with Crippen LogP contribution in [0.5, 0.6) is 0 Å². The second-order valence-electron chi connectivity index (χ2n) is 8.25. The maximum Gasteiger partial charge on any atom is 0.291 e. The highest BCUT2D eigenvalue weighted by atomic mass is 16.5. The second-order valence-corrected chi connectivity index (χ2v) is 8.25. The predicted molar refractivity (Wildman–Crippen MR) is 96.7 cm³/mol. The van der Waals surface area contributed by atoms with Crippen molar-refractivity contribution in [3.63, 3.8) is 0 Å². The van der Waals surface area contributed by atoms with E-state index >= 15 is 0 Å². The number of nitrogens with zero attached hydrogens (tertiary/aromatic N) is 1. The lowest BCUT2D eigenvalue weighted by atomic mass is 9.78. The molecule has 0 spiro atoms. The molecule has 7 nitrogen and oxygen atoms in total. The van der Waals surface area contributed by atoms with Crippen LogP contribution in [0.15, 0.2) is 0 Å². The van der Waals surface area contributed by atoms with Crippen LogP contribution in [0.1, 0.15) is 71.1 Å². The van der Waals surface area contributed by atoms with E-state index in [9.17, 15) is 19.2 Å². The number of amides is 2. The van der Waals surface area contributed by atoms with Gasteiger partial charge in [-0.05, 0) is 38.0 Å². The van der Waals surface area contributed by atoms with E-state index in [1.807, 2.05) is 6.92 Å². The Labute approximate surface area is 159 Å². The molecule has 27 heavy (non-hydrogen) atoms. The molecule has 2 aliphatic carbocycles. The molecule has 7 heteroatoms. The number of hydrogen-bond donors (Lipinski definition) is 2. The molecule has 0 aromatic heterocycles. The first-order valence-corrected chi connectivity index (χ1v) is 10.3. The molecular weight excluding hydrogens is 348 g/mol. The summed E-state index contributed by atoms with van der Waals surface area (Å²) < 4.78 is 0. The average Bonchev–Trinajstić information content (AvgIpc) is 3.50. The van der Waals surface area contributed by atoms with Gasteiger partial charge in [-0.25, -0.2) is 5.48 Å². The van der Waals surface area contributed by atoms with Gasteiger partial charge in [-0.15, -0.1) is 0 Å². The van der Waals surface area contributed by atoms with Crippen LogP contribution in [0.2, 0.25) is 0 Å². The minimum atomic E-state index is -0.941. The highest BCUT2D eigenvalue weighted by Gasteiger charge is 2.59. The number of likely N-dealkylation sites (tertiary alicyclic amines) is 1. The summed E-state index contributed by atoms with van der Waals surface area (Å²) in [5, 5.41) is 9.15. The lowest BCUT2D eigenvalue weighted by Gasteiger charge is -2.34.